The highest BCUT2D eigenvalue weighted by atomic mass is 19.1. The average Bonchev–Trinajstić information content (AvgIpc) is 2.15. The van der Waals surface area contributed by atoms with Crippen LogP contribution < -0.4 is 0 Å². The minimum Gasteiger partial charge on any atom is -0.490 e. The zero-order valence-electron chi connectivity index (χ0n) is 8.67. The first-order chi connectivity index (χ1) is 7.49. The molecule has 0 saturated heterocycles. The SMILES string of the molecule is CC1(c2cc(F)cc(F)c2)CC(=O)C=CO1. The highest BCUT2D eigenvalue weighted by molar-refractivity contribution is 5.91. The van der Waals surface area contributed by atoms with Gasteiger partial charge in [-0.05, 0) is 19.1 Å². The predicted octanol–water partition coefficient (Wildman–Crippen LogP) is 2.68. The Morgan fingerprint density at radius 3 is 2.44 bits per heavy atom. The standard InChI is InChI=1S/C12H10F2O2/c1-12(7-11(15)2-3-16-12)8-4-9(13)6-10(14)5-8/h2-6H,7H2,1H3. The predicted molar refractivity (Wildman–Crippen MR) is 53.6 cm³/mol. The third kappa shape index (κ3) is 1.96. The molecule has 2 rings (SSSR count). The first kappa shape index (κ1) is 10.8. The first-order valence-corrected chi connectivity index (χ1v) is 4.83. The van der Waals surface area contributed by atoms with E-state index in [-0.39, 0.29) is 12.2 Å². The minimum atomic E-state index is -0.991. The second-order valence-corrected chi connectivity index (χ2v) is 3.95. The van der Waals surface area contributed by atoms with Crippen LogP contribution in [0.4, 0.5) is 8.78 Å². The van der Waals surface area contributed by atoms with Gasteiger partial charge in [-0.15, -0.1) is 0 Å². The third-order valence-electron chi connectivity index (χ3n) is 2.57. The van der Waals surface area contributed by atoms with E-state index < -0.39 is 17.2 Å². The maximum atomic E-state index is 13.1. The lowest BCUT2D eigenvalue weighted by molar-refractivity contribution is -0.122. The van der Waals surface area contributed by atoms with Crippen molar-refractivity contribution in [1.29, 1.82) is 0 Å². The van der Waals surface area contributed by atoms with E-state index in [0.717, 1.165) is 6.07 Å². The summed E-state index contributed by atoms with van der Waals surface area (Å²) in [5, 5.41) is 0. The molecule has 16 heavy (non-hydrogen) atoms. The fourth-order valence-corrected chi connectivity index (χ4v) is 1.72. The number of benzene rings is 1. The Morgan fingerprint density at radius 2 is 1.88 bits per heavy atom. The second-order valence-electron chi connectivity index (χ2n) is 3.95. The fourth-order valence-electron chi connectivity index (χ4n) is 1.72. The summed E-state index contributed by atoms with van der Waals surface area (Å²) in [4.78, 5) is 11.3. The van der Waals surface area contributed by atoms with Gasteiger partial charge in [-0.25, -0.2) is 8.78 Å². The van der Waals surface area contributed by atoms with Crippen molar-refractivity contribution in [2.45, 2.75) is 18.9 Å². The van der Waals surface area contributed by atoms with Gasteiger partial charge in [-0.2, -0.15) is 0 Å². The van der Waals surface area contributed by atoms with Crippen molar-refractivity contribution in [1.82, 2.24) is 0 Å². The van der Waals surface area contributed by atoms with Crippen LogP contribution in [0.2, 0.25) is 0 Å². The van der Waals surface area contributed by atoms with Crippen molar-refractivity contribution in [3.63, 3.8) is 0 Å². The van der Waals surface area contributed by atoms with Crippen LogP contribution in [0.1, 0.15) is 18.9 Å². The number of allylic oxidation sites excluding steroid dienone is 1. The molecule has 1 aromatic carbocycles. The number of carbonyl (C=O) groups is 1. The molecule has 1 aliphatic heterocycles. The lowest BCUT2D eigenvalue weighted by Crippen LogP contribution is -2.30. The van der Waals surface area contributed by atoms with Crippen LogP contribution in [0, 0.1) is 11.6 Å². The molecule has 2 nitrogen and oxygen atoms in total. The molecule has 1 unspecified atom stereocenters. The number of ether oxygens (including phenoxy) is 1. The Kier molecular flexibility index (Phi) is 2.50. The molecular weight excluding hydrogens is 214 g/mol. The van der Waals surface area contributed by atoms with Crippen molar-refractivity contribution in [2.24, 2.45) is 0 Å². The van der Waals surface area contributed by atoms with Gasteiger partial charge in [0.1, 0.15) is 17.2 Å². The van der Waals surface area contributed by atoms with Crippen LogP contribution in [0.3, 0.4) is 0 Å². The monoisotopic (exact) mass is 224 g/mol. The highest BCUT2D eigenvalue weighted by Crippen LogP contribution is 2.33. The van der Waals surface area contributed by atoms with Gasteiger partial charge in [0, 0.05) is 17.7 Å². The lowest BCUT2D eigenvalue weighted by atomic mass is 9.89. The van der Waals surface area contributed by atoms with E-state index in [0.29, 0.717) is 5.56 Å². The zero-order valence-corrected chi connectivity index (χ0v) is 8.67. The Hall–Kier alpha value is -1.71. The Morgan fingerprint density at radius 1 is 1.25 bits per heavy atom. The minimum absolute atomic E-state index is 0.0758. The van der Waals surface area contributed by atoms with E-state index in [1.54, 1.807) is 6.92 Å². The summed E-state index contributed by atoms with van der Waals surface area (Å²) in [6, 6.07) is 3.14. The topological polar surface area (TPSA) is 26.3 Å². The molecule has 0 aromatic heterocycles. The number of hydrogen-bond acceptors (Lipinski definition) is 2. The van der Waals surface area contributed by atoms with Crippen molar-refractivity contribution in [2.75, 3.05) is 0 Å². The smallest absolute Gasteiger partial charge is 0.163 e. The molecule has 84 valence electrons. The van der Waals surface area contributed by atoms with Crippen LogP contribution >= 0.6 is 0 Å². The van der Waals surface area contributed by atoms with Gasteiger partial charge in [-0.3, -0.25) is 4.79 Å². The highest BCUT2D eigenvalue weighted by Gasteiger charge is 2.33. The number of ketones is 1. The number of halogens is 2. The van der Waals surface area contributed by atoms with Gasteiger partial charge in [-0.1, -0.05) is 0 Å². The van der Waals surface area contributed by atoms with E-state index in [9.17, 15) is 13.6 Å². The Bertz CT molecular complexity index is 448. The van der Waals surface area contributed by atoms with E-state index in [4.69, 9.17) is 4.74 Å². The van der Waals surface area contributed by atoms with Crippen molar-refractivity contribution < 1.29 is 18.3 Å². The van der Waals surface area contributed by atoms with E-state index in [2.05, 4.69) is 0 Å². The van der Waals surface area contributed by atoms with Gasteiger partial charge < -0.3 is 4.74 Å². The molecule has 0 N–H and O–H groups in total. The summed E-state index contributed by atoms with van der Waals surface area (Å²) in [7, 11) is 0. The molecule has 0 bridgehead atoms. The molecule has 0 spiro atoms. The number of rotatable bonds is 1. The zero-order chi connectivity index (χ0) is 11.8. The van der Waals surface area contributed by atoms with Crippen molar-refractivity contribution in [3.05, 3.63) is 47.7 Å². The second kappa shape index (κ2) is 3.70. The molecule has 0 radical (unpaired) electrons. The maximum Gasteiger partial charge on any atom is 0.163 e. The lowest BCUT2D eigenvalue weighted by Gasteiger charge is -2.31. The molecule has 1 aliphatic rings. The van der Waals surface area contributed by atoms with E-state index in [1.807, 2.05) is 0 Å². The molecule has 0 fully saturated rings. The van der Waals surface area contributed by atoms with Gasteiger partial charge >= 0.3 is 0 Å². The maximum absolute atomic E-state index is 13.1. The largest absolute Gasteiger partial charge is 0.490 e. The van der Waals surface area contributed by atoms with Crippen LogP contribution in [0.15, 0.2) is 30.5 Å². The number of carbonyl (C=O) groups excluding carboxylic acids is 1. The molecule has 1 heterocycles. The summed E-state index contributed by atoms with van der Waals surface area (Å²) in [5.41, 5.74) is -0.669. The third-order valence-corrected chi connectivity index (χ3v) is 2.57. The summed E-state index contributed by atoms with van der Waals surface area (Å²) in [6.45, 7) is 1.63. The van der Waals surface area contributed by atoms with E-state index >= 15 is 0 Å². The molecule has 1 aromatic rings. The summed E-state index contributed by atoms with van der Waals surface area (Å²) < 4.78 is 31.4. The molecule has 0 saturated carbocycles. The quantitative estimate of drug-likeness (QED) is 0.733. The summed E-state index contributed by atoms with van der Waals surface area (Å²) in [6.07, 6.45) is 2.64. The van der Waals surface area contributed by atoms with Crippen molar-refractivity contribution in [3.8, 4) is 0 Å². The van der Waals surface area contributed by atoms with Gasteiger partial charge in [0.25, 0.3) is 0 Å². The molecule has 0 aliphatic carbocycles. The Balaban J connectivity index is 2.43. The van der Waals surface area contributed by atoms with E-state index in [1.165, 1.54) is 24.5 Å². The van der Waals surface area contributed by atoms with Gasteiger partial charge in [0.15, 0.2) is 5.78 Å². The fraction of sp³-hybridized carbons (Fsp3) is 0.250. The van der Waals surface area contributed by atoms with Gasteiger partial charge in [0.05, 0.1) is 12.7 Å². The molecule has 1 atom stereocenters. The van der Waals surface area contributed by atoms with Crippen LogP contribution in [0.25, 0.3) is 0 Å². The van der Waals surface area contributed by atoms with Gasteiger partial charge in [0.2, 0.25) is 0 Å². The Labute approximate surface area is 91.5 Å². The molecule has 4 heteroatoms. The van der Waals surface area contributed by atoms with Crippen LogP contribution in [0.5, 0.6) is 0 Å². The normalized spacial score (nSPS) is 24.3. The van der Waals surface area contributed by atoms with Crippen LogP contribution in [-0.4, -0.2) is 5.78 Å². The molecular formula is C12H10F2O2. The first-order valence-electron chi connectivity index (χ1n) is 4.83. The summed E-state index contributed by atoms with van der Waals surface area (Å²) >= 11 is 0. The average molecular weight is 224 g/mol. The number of hydrogen-bond donors (Lipinski definition) is 0. The van der Waals surface area contributed by atoms with Crippen LogP contribution in [-0.2, 0) is 15.1 Å². The van der Waals surface area contributed by atoms with Crippen molar-refractivity contribution >= 4 is 5.78 Å². The molecule has 0 amide bonds. The summed E-state index contributed by atoms with van der Waals surface area (Å²) in [5.74, 6) is -1.48.